The maximum atomic E-state index is 13.5. The number of likely N-dealkylation sites (tertiary alicyclic amines) is 1. The zero-order chi connectivity index (χ0) is 28.8. The van der Waals surface area contributed by atoms with Crippen LogP contribution in [-0.2, 0) is 7.05 Å². The van der Waals surface area contributed by atoms with E-state index in [2.05, 4.69) is 15.1 Å². The number of amides is 3. The lowest BCUT2D eigenvalue weighted by Gasteiger charge is -2.44. The maximum Gasteiger partial charge on any atom is 0.274 e. The maximum absolute atomic E-state index is 13.5. The van der Waals surface area contributed by atoms with E-state index in [9.17, 15) is 14.4 Å². The Morgan fingerprint density at radius 2 is 1.71 bits per heavy atom. The lowest BCUT2D eigenvalue weighted by Crippen LogP contribution is -2.48. The first-order chi connectivity index (χ1) is 19.8. The molecule has 2 bridgehead atoms. The van der Waals surface area contributed by atoms with E-state index in [1.54, 1.807) is 41.3 Å². The largest absolute Gasteiger partial charge is 0.494 e. The highest BCUT2D eigenvalue weighted by Crippen LogP contribution is 2.38. The molecule has 2 aliphatic heterocycles. The third-order valence-electron chi connectivity index (χ3n) is 8.11. The standard InChI is InChI=1S/C30H37N7O4/c1-34-22-30(9-15-37(16-10-30)28(39)24-19-33-35(2)21-24)8-4-13-36(29(40)26-20-31-11-12-32-26)14-5-17-41-25-7-3-6-23(18-25)27(34)38/h3,6-7,11-12,18-21H,4-5,8-10,13-17,22H2,1-2H3. The quantitative estimate of drug-likeness (QED) is 0.474. The van der Waals surface area contributed by atoms with E-state index >= 15 is 0 Å². The molecule has 0 aliphatic carbocycles. The first-order valence-electron chi connectivity index (χ1n) is 14.2. The van der Waals surface area contributed by atoms with Crippen molar-refractivity contribution in [1.82, 2.24) is 34.4 Å². The van der Waals surface area contributed by atoms with Crippen LogP contribution in [0.1, 0.15) is 63.3 Å². The lowest BCUT2D eigenvalue weighted by molar-refractivity contribution is 0.0384. The highest BCUT2D eigenvalue weighted by atomic mass is 16.5. The molecule has 11 heteroatoms. The zero-order valence-electron chi connectivity index (χ0n) is 23.7. The highest BCUT2D eigenvalue weighted by Gasteiger charge is 2.38. The summed E-state index contributed by atoms with van der Waals surface area (Å²) in [5.74, 6) is 0.399. The Balaban J connectivity index is 1.36. The number of ether oxygens (including phenoxy) is 1. The molecule has 11 nitrogen and oxygen atoms in total. The number of nitrogens with zero attached hydrogens (tertiary/aromatic N) is 7. The normalized spacial score (nSPS) is 18.4. The Labute approximate surface area is 240 Å². The van der Waals surface area contributed by atoms with E-state index in [0.717, 1.165) is 25.7 Å². The summed E-state index contributed by atoms with van der Waals surface area (Å²) in [6.45, 7) is 3.25. The minimum Gasteiger partial charge on any atom is -0.494 e. The molecular weight excluding hydrogens is 522 g/mol. The van der Waals surface area contributed by atoms with Gasteiger partial charge >= 0.3 is 0 Å². The molecular formula is C30H37N7O4. The minimum absolute atomic E-state index is 0.0212. The molecule has 1 saturated heterocycles. The molecule has 41 heavy (non-hydrogen) atoms. The van der Waals surface area contributed by atoms with Crippen LogP contribution in [0.15, 0.2) is 55.2 Å². The molecule has 0 unspecified atom stereocenters. The van der Waals surface area contributed by atoms with Crippen molar-refractivity contribution < 1.29 is 19.1 Å². The Kier molecular flexibility index (Phi) is 8.61. The number of hydrogen-bond acceptors (Lipinski definition) is 7. The van der Waals surface area contributed by atoms with Crippen molar-refractivity contribution in [2.24, 2.45) is 12.5 Å². The van der Waals surface area contributed by atoms with Crippen molar-refractivity contribution >= 4 is 17.7 Å². The van der Waals surface area contributed by atoms with Gasteiger partial charge in [0.25, 0.3) is 17.7 Å². The molecule has 5 rings (SSSR count). The number of fused-ring (bicyclic) bond motifs is 2. The summed E-state index contributed by atoms with van der Waals surface area (Å²) in [5, 5.41) is 4.14. The smallest absolute Gasteiger partial charge is 0.274 e. The van der Waals surface area contributed by atoms with Gasteiger partial charge < -0.3 is 19.4 Å². The first-order valence-corrected chi connectivity index (χ1v) is 14.2. The number of piperidine rings is 1. The zero-order valence-corrected chi connectivity index (χ0v) is 23.7. The average Bonchev–Trinajstić information content (AvgIpc) is 3.44. The number of aromatic nitrogens is 4. The van der Waals surface area contributed by atoms with Gasteiger partial charge in [-0.25, -0.2) is 4.98 Å². The van der Waals surface area contributed by atoms with Gasteiger partial charge in [0, 0.05) is 71.0 Å². The van der Waals surface area contributed by atoms with Gasteiger partial charge in [-0.15, -0.1) is 0 Å². The Morgan fingerprint density at radius 1 is 0.927 bits per heavy atom. The van der Waals surface area contributed by atoms with Crippen LogP contribution in [0.2, 0.25) is 0 Å². The van der Waals surface area contributed by atoms with E-state index in [1.807, 2.05) is 35.0 Å². The monoisotopic (exact) mass is 559 g/mol. The number of aryl methyl sites for hydroxylation is 1. The van der Waals surface area contributed by atoms with Crippen LogP contribution in [0.4, 0.5) is 0 Å². The van der Waals surface area contributed by atoms with Gasteiger partial charge in [0.15, 0.2) is 0 Å². The fourth-order valence-electron chi connectivity index (χ4n) is 5.88. The molecule has 3 amide bonds. The summed E-state index contributed by atoms with van der Waals surface area (Å²) in [6, 6.07) is 7.26. The third kappa shape index (κ3) is 6.72. The van der Waals surface area contributed by atoms with Gasteiger partial charge in [0.05, 0.1) is 24.6 Å². The molecule has 0 radical (unpaired) electrons. The van der Waals surface area contributed by atoms with Gasteiger partial charge in [-0.3, -0.25) is 24.0 Å². The second kappa shape index (κ2) is 12.5. The molecule has 1 spiro atoms. The van der Waals surface area contributed by atoms with Crippen LogP contribution >= 0.6 is 0 Å². The van der Waals surface area contributed by atoms with Gasteiger partial charge in [0.2, 0.25) is 0 Å². The van der Waals surface area contributed by atoms with E-state index in [4.69, 9.17) is 4.74 Å². The second-order valence-corrected chi connectivity index (χ2v) is 11.1. The predicted molar refractivity (Wildman–Crippen MR) is 151 cm³/mol. The van der Waals surface area contributed by atoms with Crippen molar-refractivity contribution in [2.75, 3.05) is 46.4 Å². The van der Waals surface area contributed by atoms with E-state index in [-0.39, 0.29) is 23.1 Å². The molecule has 1 fully saturated rings. The topological polar surface area (TPSA) is 114 Å². The fraction of sp³-hybridized carbons (Fsp3) is 0.467. The molecule has 3 aromatic rings. The van der Waals surface area contributed by atoms with Gasteiger partial charge in [0.1, 0.15) is 11.4 Å². The number of rotatable bonds is 2. The van der Waals surface area contributed by atoms with Crippen molar-refractivity contribution in [3.8, 4) is 5.75 Å². The number of carbonyl (C=O) groups is 3. The Bertz CT molecular complexity index is 1370. The SMILES string of the molecule is CN1CC2(CCCN(C(=O)c3cnccn3)CCCOc3cccc(c3)C1=O)CCN(C(=O)c1cnn(C)c1)CC2. The fourth-order valence-corrected chi connectivity index (χ4v) is 5.88. The van der Waals surface area contributed by atoms with Crippen LogP contribution < -0.4 is 4.74 Å². The second-order valence-electron chi connectivity index (χ2n) is 11.1. The first kappa shape index (κ1) is 28.3. The van der Waals surface area contributed by atoms with Crippen molar-refractivity contribution in [3.63, 3.8) is 0 Å². The molecule has 2 aliphatic rings. The number of carbonyl (C=O) groups excluding carboxylic acids is 3. The summed E-state index contributed by atoms with van der Waals surface area (Å²) in [7, 11) is 3.64. The van der Waals surface area contributed by atoms with Crippen LogP contribution in [0.3, 0.4) is 0 Å². The predicted octanol–water partition coefficient (Wildman–Crippen LogP) is 2.91. The average molecular weight is 560 g/mol. The molecule has 2 aromatic heterocycles. The van der Waals surface area contributed by atoms with Crippen LogP contribution in [0.5, 0.6) is 5.75 Å². The van der Waals surface area contributed by atoms with Crippen molar-refractivity contribution in [1.29, 1.82) is 0 Å². The van der Waals surface area contributed by atoms with E-state index in [1.165, 1.54) is 12.4 Å². The highest BCUT2D eigenvalue weighted by molar-refractivity contribution is 5.95. The molecule has 4 heterocycles. The molecule has 1 aromatic carbocycles. The minimum atomic E-state index is -0.189. The van der Waals surface area contributed by atoms with Crippen molar-refractivity contribution in [2.45, 2.75) is 32.1 Å². The van der Waals surface area contributed by atoms with E-state index in [0.29, 0.717) is 68.3 Å². The van der Waals surface area contributed by atoms with Gasteiger partial charge in [-0.2, -0.15) is 5.10 Å². The van der Waals surface area contributed by atoms with Crippen LogP contribution in [-0.4, -0.2) is 98.5 Å². The van der Waals surface area contributed by atoms with E-state index < -0.39 is 0 Å². The summed E-state index contributed by atoms with van der Waals surface area (Å²) in [4.78, 5) is 53.7. The molecule has 0 N–H and O–H groups in total. The number of hydrogen-bond donors (Lipinski definition) is 0. The molecule has 0 atom stereocenters. The summed E-state index contributed by atoms with van der Waals surface area (Å²) < 4.78 is 7.57. The third-order valence-corrected chi connectivity index (χ3v) is 8.11. The number of benzene rings is 1. The Morgan fingerprint density at radius 3 is 2.44 bits per heavy atom. The molecule has 0 saturated carbocycles. The molecule has 216 valence electrons. The summed E-state index contributed by atoms with van der Waals surface area (Å²) in [6.07, 6.45) is 11.7. The van der Waals surface area contributed by atoms with Crippen LogP contribution in [0.25, 0.3) is 0 Å². The van der Waals surface area contributed by atoms with Crippen molar-refractivity contribution in [3.05, 3.63) is 72.1 Å². The van der Waals surface area contributed by atoms with Crippen LogP contribution in [0, 0.1) is 5.41 Å². The Hall–Kier alpha value is -4.28. The van der Waals surface area contributed by atoms with Gasteiger partial charge in [-0.1, -0.05) is 6.07 Å². The lowest BCUT2D eigenvalue weighted by atomic mass is 9.74. The summed E-state index contributed by atoms with van der Waals surface area (Å²) >= 11 is 0. The van der Waals surface area contributed by atoms with Gasteiger partial charge in [-0.05, 0) is 55.7 Å². The summed E-state index contributed by atoms with van der Waals surface area (Å²) in [5.41, 5.74) is 1.30.